The zero-order valence-corrected chi connectivity index (χ0v) is 12.1. The first kappa shape index (κ1) is 14.6. The largest absolute Gasteiger partial charge is 0.464 e. The van der Waals surface area contributed by atoms with E-state index in [4.69, 9.17) is 4.74 Å². The second-order valence-corrected chi connectivity index (χ2v) is 4.93. The molecule has 1 heterocycles. The number of anilines is 1. The third-order valence-electron chi connectivity index (χ3n) is 3.65. The molecule has 0 spiro atoms. The smallest absolute Gasteiger partial charge is 0.328 e. The predicted molar refractivity (Wildman–Crippen MR) is 78.1 cm³/mol. The molecule has 20 heavy (non-hydrogen) atoms. The first-order chi connectivity index (χ1) is 9.67. The summed E-state index contributed by atoms with van der Waals surface area (Å²) in [4.78, 5) is 25.6. The Bertz CT molecular complexity index is 481. The summed E-state index contributed by atoms with van der Waals surface area (Å²) in [6, 6.07) is 7.31. The topological polar surface area (TPSA) is 46.6 Å². The molecule has 1 aliphatic heterocycles. The highest BCUT2D eigenvalue weighted by molar-refractivity contribution is 5.96. The average molecular weight is 275 g/mol. The number of rotatable bonds is 5. The van der Waals surface area contributed by atoms with E-state index in [-0.39, 0.29) is 17.8 Å². The first-order valence-corrected chi connectivity index (χ1v) is 7.24. The SMILES string of the molecule is CCOC(=O)C1CCCN1c1ccc(C(=O)CC)cc1. The third kappa shape index (κ3) is 3.00. The standard InChI is InChI=1S/C16H21NO3/c1-3-15(18)12-7-9-13(10-8-12)17-11-5-6-14(17)16(19)20-4-2/h7-10,14H,3-6,11H2,1-2H3. The summed E-state index contributed by atoms with van der Waals surface area (Å²) in [5, 5.41) is 0. The molecule has 1 aliphatic rings. The fraction of sp³-hybridized carbons (Fsp3) is 0.500. The molecule has 0 amide bonds. The van der Waals surface area contributed by atoms with Gasteiger partial charge in [-0.05, 0) is 44.0 Å². The van der Waals surface area contributed by atoms with Crippen LogP contribution in [0.3, 0.4) is 0 Å². The zero-order valence-electron chi connectivity index (χ0n) is 12.1. The van der Waals surface area contributed by atoms with Crippen LogP contribution in [0, 0.1) is 0 Å². The van der Waals surface area contributed by atoms with Crippen LogP contribution >= 0.6 is 0 Å². The van der Waals surface area contributed by atoms with E-state index in [0.717, 1.165) is 30.6 Å². The van der Waals surface area contributed by atoms with Crippen molar-refractivity contribution in [1.29, 1.82) is 0 Å². The number of Topliss-reactive ketones (excluding diaryl/α,β-unsaturated/α-hetero) is 1. The molecule has 2 rings (SSSR count). The van der Waals surface area contributed by atoms with Crippen molar-refractivity contribution in [3.8, 4) is 0 Å². The maximum Gasteiger partial charge on any atom is 0.328 e. The van der Waals surface area contributed by atoms with Gasteiger partial charge in [0.25, 0.3) is 0 Å². The molecule has 1 saturated heterocycles. The normalized spacial score (nSPS) is 18.1. The number of ketones is 1. The Hall–Kier alpha value is -1.84. The van der Waals surface area contributed by atoms with Crippen LogP contribution in [-0.4, -0.2) is 30.9 Å². The molecule has 1 aromatic carbocycles. The van der Waals surface area contributed by atoms with Gasteiger partial charge in [-0.1, -0.05) is 6.92 Å². The number of carbonyl (C=O) groups excluding carboxylic acids is 2. The zero-order chi connectivity index (χ0) is 14.5. The van der Waals surface area contributed by atoms with Crippen LogP contribution in [0.2, 0.25) is 0 Å². The van der Waals surface area contributed by atoms with Gasteiger partial charge < -0.3 is 9.64 Å². The summed E-state index contributed by atoms with van der Waals surface area (Å²) in [5.41, 5.74) is 1.70. The van der Waals surface area contributed by atoms with E-state index >= 15 is 0 Å². The number of hydrogen-bond donors (Lipinski definition) is 0. The summed E-state index contributed by atoms with van der Waals surface area (Å²) in [5.74, 6) is -0.0152. The predicted octanol–water partition coefficient (Wildman–Crippen LogP) is 2.81. The molecule has 1 aromatic rings. The van der Waals surface area contributed by atoms with Gasteiger partial charge >= 0.3 is 5.97 Å². The molecule has 0 saturated carbocycles. The van der Waals surface area contributed by atoms with E-state index in [1.807, 2.05) is 38.1 Å². The summed E-state index contributed by atoms with van der Waals surface area (Å²) in [7, 11) is 0. The van der Waals surface area contributed by atoms with Gasteiger partial charge in [-0.15, -0.1) is 0 Å². The van der Waals surface area contributed by atoms with Gasteiger partial charge in [-0.25, -0.2) is 4.79 Å². The van der Waals surface area contributed by atoms with Gasteiger partial charge in [0.15, 0.2) is 5.78 Å². The Morgan fingerprint density at radius 3 is 2.55 bits per heavy atom. The third-order valence-corrected chi connectivity index (χ3v) is 3.65. The van der Waals surface area contributed by atoms with Crippen LogP contribution in [0.1, 0.15) is 43.5 Å². The Morgan fingerprint density at radius 1 is 1.25 bits per heavy atom. The van der Waals surface area contributed by atoms with Crippen molar-refractivity contribution in [3.05, 3.63) is 29.8 Å². The summed E-state index contributed by atoms with van der Waals surface area (Å²) in [6.07, 6.45) is 2.32. The number of carbonyl (C=O) groups is 2. The molecular weight excluding hydrogens is 254 g/mol. The molecular formula is C16H21NO3. The minimum atomic E-state index is -0.192. The lowest BCUT2D eigenvalue weighted by Gasteiger charge is -2.25. The highest BCUT2D eigenvalue weighted by Gasteiger charge is 2.31. The van der Waals surface area contributed by atoms with Crippen molar-refractivity contribution in [1.82, 2.24) is 0 Å². The van der Waals surface area contributed by atoms with E-state index in [1.54, 1.807) is 0 Å². The summed E-state index contributed by atoms with van der Waals surface area (Å²) in [6.45, 7) is 4.94. The molecule has 1 unspecified atom stereocenters. The average Bonchev–Trinajstić information content (AvgIpc) is 2.96. The highest BCUT2D eigenvalue weighted by atomic mass is 16.5. The quantitative estimate of drug-likeness (QED) is 0.612. The van der Waals surface area contributed by atoms with Crippen LogP contribution in [0.15, 0.2) is 24.3 Å². The van der Waals surface area contributed by atoms with Crippen LogP contribution in [0.4, 0.5) is 5.69 Å². The number of nitrogens with zero attached hydrogens (tertiary/aromatic N) is 1. The van der Waals surface area contributed by atoms with Crippen molar-refractivity contribution in [2.75, 3.05) is 18.1 Å². The summed E-state index contributed by atoms with van der Waals surface area (Å²) >= 11 is 0. The van der Waals surface area contributed by atoms with E-state index in [0.29, 0.717) is 13.0 Å². The molecule has 0 bridgehead atoms. The fourth-order valence-corrected chi connectivity index (χ4v) is 2.60. The van der Waals surface area contributed by atoms with Crippen molar-refractivity contribution in [2.45, 2.75) is 39.2 Å². The van der Waals surface area contributed by atoms with Crippen LogP contribution in [0.25, 0.3) is 0 Å². The highest BCUT2D eigenvalue weighted by Crippen LogP contribution is 2.26. The van der Waals surface area contributed by atoms with E-state index < -0.39 is 0 Å². The van der Waals surface area contributed by atoms with Gasteiger partial charge in [-0.3, -0.25) is 4.79 Å². The van der Waals surface area contributed by atoms with Crippen molar-refractivity contribution in [3.63, 3.8) is 0 Å². The fourth-order valence-electron chi connectivity index (χ4n) is 2.60. The molecule has 0 N–H and O–H groups in total. The van der Waals surface area contributed by atoms with Crippen LogP contribution < -0.4 is 4.90 Å². The number of benzene rings is 1. The monoisotopic (exact) mass is 275 g/mol. The van der Waals surface area contributed by atoms with Gasteiger partial charge in [-0.2, -0.15) is 0 Å². The van der Waals surface area contributed by atoms with Crippen LogP contribution in [0.5, 0.6) is 0 Å². The Morgan fingerprint density at radius 2 is 1.95 bits per heavy atom. The van der Waals surface area contributed by atoms with Gasteiger partial charge in [0.05, 0.1) is 6.61 Å². The number of hydrogen-bond acceptors (Lipinski definition) is 4. The minimum absolute atomic E-state index is 0.139. The Labute approximate surface area is 119 Å². The minimum Gasteiger partial charge on any atom is -0.464 e. The summed E-state index contributed by atoms with van der Waals surface area (Å²) < 4.78 is 5.12. The lowest BCUT2D eigenvalue weighted by atomic mass is 10.1. The number of esters is 1. The Kier molecular flexibility index (Phi) is 4.77. The molecule has 0 aromatic heterocycles. The molecule has 1 fully saturated rings. The maximum atomic E-state index is 11.9. The van der Waals surface area contributed by atoms with Crippen molar-refractivity contribution >= 4 is 17.4 Å². The van der Waals surface area contributed by atoms with E-state index in [2.05, 4.69) is 4.90 Å². The molecule has 4 nitrogen and oxygen atoms in total. The van der Waals surface area contributed by atoms with Gasteiger partial charge in [0.2, 0.25) is 0 Å². The first-order valence-electron chi connectivity index (χ1n) is 7.24. The van der Waals surface area contributed by atoms with Crippen molar-refractivity contribution in [2.24, 2.45) is 0 Å². The molecule has 0 radical (unpaired) electrons. The second-order valence-electron chi connectivity index (χ2n) is 4.93. The lowest BCUT2D eigenvalue weighted by molar-refractivity contribution is -0.144. The number of ether oxygens (including phenoxy) is 1. The van der Waals surface area contributed by atoms with Gasteiger partial charge in [0.1, 0.15) is 6.04 Å². The van der Waals surface area contributed by atoms with E-state index in [9.17, 15) is 9.59 Å². The van der Waals surface area contributed by atoms with E-state index in [1.165, 1.54) is 0 Å². The van der Waals surface area contributed by atoms with Crippen molar-refractivity contribution < 1.29 is 14.3 Å². The molecule has 4 heteroatoms. The molecule has 1 atom stereocenters. The lowest BCUT2D eigenvalue weighted by Crippen LogP contribution is -2.37. The second kappa shape index (κ2) is 6.55. The van der Waals surface area contributed by atoms with Crippen LogP contribution in [-0.2, 0) is 9.53 Å². The molecule has 0 aliphatic carbocycles. The molecule has 108 valence electrons. The maximum absolute atomic E-state index is 11.9. The van der Waals surface area contributed by atoms with Gasteiger partial charge in [0, 0.05) is 24.2 Å². The Balaban J connectivity index is 2.14.